The third-order valence-electron chi connectivity index (χ3n) is 3.88. The number of para-hydroxylation sites is 1. The summed E-state index contributed by atoms with van der Waals surface area (Å²) < 4.78 is 0. The molecule has 3 nitrogen and oxygen atoms in total. The number of hydrogen-bond donors (Lipinski definition) is 1. The Labute approximate surface area is 103 Å². The molecule has 0 radical (unpaired) electrons. The fourth-order valence-electron chi connectivity index (χ4n) is 2.67. The van der Waals surface area contributed by atoms with E-state index in [1.165, 1.54) is 51.5 Å². The van der Waals surface area contributed by atoms with Gasteiger partial charge < -0.3 is 10.2 Å². The van der Waals surface area contributed by atoms with E-state index in [9.17, 15) is 0 Å². The van der Waals surface area contributed by atoms with Crippen molar-refractivity contribution >= 4 is 5.69 Å². The maximum absolute atomic E-state index is 3.35. The van der Waals surface area contributed by atoms with Crippen molar-refractivity contribution in [2.24, 2.45) is 5.92 Å². The van der Waals surface area contributed by atoms with Crippen LogP contribution in [0.1, 0.15) is 0 Å². The Balaban J connectivity index is 1.50. The van der Waals surface area contributed by atoms with E-state index >= 15 is 0 Å². The van der Waals surface area contributed by atoms with Crippen LogP contribution in [-0.2, 0) is 0 Å². The van der Waals surface area contributed by atoms with Crippen molar-refractivity contribution in [2.75, 3.05) is 50.7 Å². The van der Waals surface area contributed by atoms with Crippen molar-refractivity contribution in [1.29, 1.82) is 0 Å². The van der Waals surface area contributed by atoms with Crippen LogP contribution in [0.2, 0.25) is 0 Å². The Hall–Kier alpha value is -1.06. The first-order chi connectivity index (χ1) is 8.42. The number of rotatable bonds is 3. The summed E-state index contributed by atoms with van der Waals surface area (Å²) in [6.07, 6.45) is 0. The minimum Gasteiger partial charge on any atom is -0.369 e. The van der Waals surface area contributed by atoms with E-state index in [0.29, 0.717) is 0 Å². The summed E-state index contributed by atoms with van der Waals surface area (Å²) >= 11 is 0. The molecule has 3 heteroatoms. The summed E-state index contributed by atoms with van der Waals surface area (Å²) in [5, 5.41) is 3.35. The second-order valence-electron chi connectivity index (χ2n) is 5.15. The molecular weight excluding hydrogens is 210 g/mol. The molecule has 2 aliphatic rings. The summed E-state index contributed by atoms with van der Waals surface area (Å²) in [5.74, 6) is 0.901. The van der Waals surface area contributed by atoms with E-state index < -0.39 is 0 Å². The van der Waals surface area contributed by atoms with Crippen LogP contribution in [0.4, 0.5) is 5.69 Å². The molecule has 2 aliphatic heterocycles. The molecule has 92 valence electrons. The first kappa shape index (κ1) is 11.1. The third-order valence-corrected chi connectivity index (χ3v) is 3.88. The standard InChI is InChI=1S/C14H21N3/c1-2-4-14(5-3-1)17-8-6-16(7-9-17)12-13-10-15-11-13/h1-5,13,15H,6-12H2. The average molecular weight is 231 g/mol. The van der Waals surface area contributed by atoms with Crippen LogP contribution in [0, 0.1) is 5.92 Å². The van der Waals surface area contributed by atoms with E-state index in [1.54, 1.807) is 0 Å². The normalized spacial score (nSPS) is 22.5. The van der Waals surface area contributed by atoms with Crippen molar-refractivity contribution in [3.63, 3.8) is 0 Å². The van der Waals surface area contributed by atoms with E-state index in [0.717, 1.165) is 5.92 Å². The summed E-state index contributed by atoms with van der Waals surface area (Å²) in [6.45, 7) is 8.50. The van der Waals surface area contributed by atoms with Gasteiger partial charge in [0, 0.05) is 51.5 Å². The Morgan fingerprint density at radius 1 is 1.00 bits per heavy atom. The fraction of sp³-hybridized carbons (Fsp3) is 0.571. The van der Waals surface area contributed by atoms with Crippen molar-refractivity contribution in [3.05, 3.63) is 30.3 Å². The lowest BCUT2D eigenvalue weighted by atomic mass is 10.0. The SMILES string of the molecule is c1ccc(N2CCN(CC3CNC3)CC2)cc1. The van der Waals surface area contributed by atoms with Gasteiger partial charge in [0.2, 0.25) is 0 Å². The van der Waals surface area contributed by atoms with Crippen molar-refractivity contribution < 1.29 is 0 Å². The maximum Gasteiger partial charge on any atom is 0.0367 e. The maximum atomic E-state index is 3.35. The fourth-order valence-corrected chi connectivity index (χ4v) is 2.67. The third kappa shape index (κ3) is 2.61. The molecule has 2 heterocycles. The molecule has 2 fully saturated rings. The van der Waals surface area contributed by atoms with Crippen LogP contribution >= 0.6 is 0 Å². The Kier molecular flexibility index (Phi) is 3.29. The minimum atomic E-state index is 0.901. The predicted molar refractivity (Wildman–Crippen MR) is 71.5 cm³/mol. The van der Waals surface area contributed by atoms with Gasteiger partial charge >= 0.3 is 0 Å². The van der Waals surface area contributed by atoms with Gasteiger partial charge in [-0.25, -0.2) is 0 Å². The number of nitrogens with one attached hydrogen (secondary N) is 1. The highest BCUT2D eigenvalue weighted by molar-refractivity contribution is 5.46. The molecule has 2 saturated heterocycles. The Morgan fingerprint density at radius 3 is 2.29 bits per heavy atom. The first-order valence-electron chi connectivity index (χ1n) is 6.65. The quantitative estimate of drug-likeness (QED) is 0.838. The van der Waals surface area contributed by atoms with Crippen LogP contribution < -0.4 is 10.2 Å². The van der Waals surface area contributed by atoms with Crippen LogP contribution in [0.3, 0.4) is 0 Å². The molecule has 0 spiro atoms. The average Bonchev–Trinajstić information content (AvgIpc) is 2.36. The number of hydrogen-bond acceptors (Lipinski definition) is 3. The molecule has 0 aliphatic carbocycles. The van der Waals surface area contributed by atoms with E-state index in [4.69, 9.17) is 0 Å². The van der Waals surface area contributed by atoms with Gasteiger partial charge in [-0.1, -0.05) is 18.2 Å². The Morgan fingerprint density at radius 2 is 1.71 bits per heavy atom. The summed E-state index contributed by atoms with van der Waals surface area (Å²) in [7, 11) is 0. The lowest BCUT2D eigenvalue weighted by molar-refractivity contribution is 0.184. The largest absolute Gasteiger partial charge is 0.369 e. The predicted octanol–water partition coefficient (Wildman–Crippen LogP) is 1.03. The van der Waals surface area contributed by atoms with Gasteiger partial charge in [-0.3, -0.25) is 4.90 Å². The zero-order valence-electron chi connectivity index (χ0n) is 10.3. The van der Waals surface area contributed by atoms with E-state index in [1.807, 2.05) is 0 Å². The zero-order valence-corrected chi connectivity index (χ0v) is 10.3. The van der Waals surface area contributed by atoms with E-state index in [-0.39, 0.29) is 0 Å². The molecule has 0 atom stereocenters. The van der Waals surface area contributed by atoms with Crippen LogP contribution in [-0.4, -0.2) is 50.7 Å². The summed E-state index contributed by atoms with van der Waals surface area (Å²) in [6, 6.07) is 10.8. The lowest BCUT2D eigenvalue weighted by Gasteiger charge is -2.39. The van der Waals surface area contributed by atoms with Crippen molar-refractivity contribution in [1.82, 2.24) is 10.2 Å². The highest BCUT2D eigenvalue weighted by Crippen LogP contribution is 2.16. The smallest absolute Gasteiger partial charge is 0.0367 e. The van der Waals surface area contributed by atoms with Crippen molar-refractivity contribution in [3.8, 4) is 0 Å². The van der Waals surface area contributed by atoms with Crippen molar-refractivity contribution in [2.45, 2.75) is 0 Å². The van der Waals surface area contributed by atoms with Gasteiger partial charge in [-0.15, -0.1) is 0 Å². The highest BCUT2D eigenvalue weighted by atomic mass is 15.3. The van der Waals surface area contributed by atoms with Gasteiger partial charge in [0.25, 0.3) is 0 Å². The van der Waals surface area contributed by atoms with E-state index in [2.05, 4.69) is 45.4 Å². The molecule has 0 amide bonds. The van der Waals surface area contributed by atoms with Crippen LogP contribution in [0.15, 0.2) is 30.3 Å². The molecule has 0 aromatic heterocycles. The first-order valence-corrected chi connectivity index (χ1v) is 6.65. The van der Waals surface area contributed by atoms with Gasteiger partial charge in [0.05, 0.1) is 0 Å². The second-order valence-corrected chi connectivity index (χ2v) is 5.15. The zero-order chi connectivity index (χ0) is 11.5. The summed E-state index contributed by atoms with van der Waals surface area (Å²) in [4.78, 5) is 5.11. The van der Waals surface area contributed by atoms with Gasteiger partial charge in [0.15, 0.2) is 0 Å². The van der Waals surface area contributed by atoms with Crippen LogP contribution in [0.25, 0.3) is 0 Å². The molecule has 0 bridgehead atoms. The number of anilines is 1. The lowest BCUT2D eigenvalue weighted by Crippen LogP contribution is -2.53. The topological polar surface area (TPSA) is 18.5 Å². The molecule has 1 N–H and O–H groups in total. The second kappa shape index (κ2) is 5.07. The molecule has 1 aromatic rings. The Bertz CT molecular complexity index is 340. The molecule has 0 saturated carbocycles. The van der Waals surface area contributed by atoms with Gasteiger partial charge in [-0.2, -0.15) is 0 Å². The molecule has 0 unspecified atom stereocenters. The highest BCUT2D eigenvalue weighted by Gasteiger charge is 2.23. The molecular formula is C14H21N3. The van der Waals surface area contributed by atoms with Crippen LogP contribution in [0.5, 0.6) is 0 Å². The minimum absolute atomic E-state index is 0.901. The number of benzene rings is 1. The molecule has 1 aromatic carbocycles. The monoisotopic (exact) mass is 231 g/mol. The summed E-state index contributed by atoms with van der Waals surface area (Å²) in [5.41, 5.74) is 1.37. The van der Waals surface area contributed by atoms with Gasteiger partial charge in [-0.05, 0) is 18.1 Å². The molecule has 17 heavy (non-hydrogen) atoms. The number of piperazine rings is 1. The van der Waals surface area contributed by atoms with Gasteiger partial charge in [0.1, 0.15) is 0 Å². The number of nitrogens with zero attached hydrogens (tertiary/aromatic N) is 2. The molecule has 3 rings (SSSR count).